The lowest BCUT2D eigenvalue weighted by atomic mass is 10.0. The molecule has 17 heavy (non-hydrogen) atoms. The number of pyridine rings is 1. The highest BCUT2D eigenvalue weighted by Crippen LogP contribution is 2.27. The second-order valence-electron chi connectivity index (χ2n) is 4.23. The smallest absolute Gasteiger partial charge is 0.137 e. The molecule has 1 aromatic heterocycles. The second-order valence-corrected chi connectivity index (χ2v) is 5.38. The topological polar surface area (TPSA) is 45.6 Å². The van der Waals surface area contributed by atoms with Crippen LogP contribution in [0.5, 0.6) is 5.75 Å². The summed E-state index contributed by atoms with van der Waals surface area (Å²) in [7, 11) is 3.66. The van der Waals surface area contributed by atoms with Crippen LogP contribution in [0, 0.1) is 0 Å². The predicted molar refractivity (Wildman–Crippen MR) is 69.5 cm³/mol. The quantitative estimate of drug-likeness (QED) is 0.877. The summed E-state index contributed by atoms with van der Waals surface area (Å²) in [6.07, 6.45) is 2.85. The number of hydrogen-bond acceptors (Lipinski definition) is 5. The molecule has 0 aromatic carbocycles. The Labute approximate surface area is 106 Å². The molecule has 1 N–H and O–H groups in total. The number of aliphatic hydroxyl groups excluding tert-OH is 1. The number of ether oxygens (including phenoxy) is 1. The maximum atomic E-state index is 10.4. The van der Waals surface area contributed by atoms with Gasteiger partial charge >= 0.3 is 0 Å². The fourth-order valence-corrected chi connectivity index (χ4v) is 3.23. The van der Waals surface area contributed by atoms with Crippen LogP contribution >= 0.6 is 11.8 Å². The first-order chi connectivity index (χ1) is 8.22. The van der Waals surface area contributed by atoms with Crippen LogP contribution in [0.2, 0.25) is 0 Å². The SMILES string of the molecule is COc1cncc(C(O)C2CSCCN2C)c1. The van der Waals surface area contributed by atoms with E-state index >= 15 is 0 Å². The third-order valence-corrected chi connectivity index (χ3v) is 4.17. The van der Waals surface area contributed by atoms with Crippen LogP contribution in [0.25, 0.3) is 0 Å². The van der Waals surface area contributed by atoms with Gasteiger partial charge in [0.1, 0.15) is 5.75 Å². The summed E-state index contributed by atoms with van der Waals surface area (Å²) in [5.41, 5.74) is 0.823. The number of thioether (sulfide) groups is 1. The van der Waals surface area contributed by atoms with E-state index in [9.17, 15) is 5.11 Å². The molecular formula is C12H18N2O2S. The van der Waals surface area contributed by atoms with Crippen molar-refractivity contribution in [1.82, 2.24) is 9.88 Å². The molecule has 94 valence electrons. The molecule has 0 spiro atoms. The van der Waals surface area contributed by atoms with Crippen LogP contribution in [-0.2, 0) is 0 Å². The maximum Gasteiger partial charge on any atom is 0.137 e. The zero-order valence-electron chi connectivity index (χ0n) is 10.2. The van der Waals surface area contributed by atoms with E-state index in [1.54, 1.807) is 19.5 Å². The van der Waals surface area contributed by atoms with Crippen LogP contribution in [-0.4, -0.2) is 53.2 Å². The molecule has 0 bridgehead atoms. The number of aromatic nitrogens is 1. The molecule has 2 rings (SSSR count). The zero-order chi connectivity index (χ0) is 12.3. The lowest BCUT2D eigenvalue weighted by molar-refractivity contribution is 0.0754. The first-order valence-electron chi connectivity index (χ1n) is 5.67. The Morgan fingerprint density at radius 2 is 2.41 bits per heavy atom. The Hall–Kier alpha value is -0.780. The van der Waals surface area contributed by atoms with Crippen molar-refractivity contribution in [2.24, 2.45) is 0 Å². The lowest BCUT2D eigenvalue weighted by Gasteiger charge is -2.35. The van der Waals surface area contributed by atoms with Crippen molar-refractivity contribution in [3.8, 4) is 5.75 Å². The first-order valence-corrected chi connectivity index (χ1v) is 6.83. The average Bonchev–Trinajstić information content (AvgIpc) is 2.38. The monoisotopic (exact) mass is 254 g/mol. The van der Waals surface area contributed by atoms with Gasteiger partial charge in [-0.25, -0.2) is 0 Å². The van der Waals surface area contributed by atoms with Crippen molar-refractivity contribution in [3.05, 3.63) is 24.0 Å². The van der Waals surface area contributed by atoms with Crippen molar-refractivity contribution in [2.75, 3.05) is 32.2 Å². The van der Waals surface area contributed by atoms with E-state index in [0.29, 0.717) is 5.75 Å². The van der Waals surface area contributed by atoms with Crippen molar-refractivity contribution in [3.63, 3.8) is 0 Å². The van der Waals surface area contributed by atoms with Gasteiger partial charge in [0.15, 0.2) is 0 Å². The maximum absolute atomic E-state index is 10.4. The number of likely N-dealkylation sites (N-methyl/N-ethyl adjacent to an activating group) is 1. The summed E-state index contributed by atoms with van der Waals surface area (Å²) in [6.45, 7) is 1.02. The molecule has 1 aliphatic heterocycles. The van der Waals surface area contributed by atoms with E-state index in [2.05, 4.69) is 16.9 Å². The van der Waals surface area contributed by atoms with Crippen molar-refractivity contribution >= 4 is 11.8 Å². The highest BCUT2D eigenvalue weighted by Gasteiger charge is 2.27. The first kappa shape index (κ1) is 12.7. The Bertz CT molecular complexity index is 375. The normalized spacial score (nSPS) is 23.4. The van der Waals surface area contributed by atoms with Gasteiger partial charge in [-0.1, -0.05) is 0 Å². The van der Waals surface area contributed by atoms with Gasteiger partial charge in [0.05, 0.1) is 19.4 Å². The van der Waals surface area contributed by atoms with Gasteiger partial charge in [-0.05, 0) is 13.1 Å². The molecule has 0 radical (unpaired) electrons. The van der Waals surface area contributed by atoms with Gasteiger partial charge in [-0.2, -0.15) is 11.8 Å². The largest absolute Gasteiger partial charge is 0.495 e. The van der Waals surface area contributed by atoms with Crippen LogP contribution in [0.3, 0.4) is 0 Å². The predicted octanol–water partition coefficient (Wildman–Crippen LogP) is 1.17. The van der Waals surface area contributed by atoms with Crippen molar-refractivity contribution in [1.29, 1.82) is 0 Å². The molecule has 0 aliphatic carbocycles. The molecule has 1 aromatic rings. The number of nitrogens with zero attached hydrogens (tertiary/aromatic N) is 2. The number of rotatable bonds is 3. The zero-order valence-corrected chi connectivity index (χ0v) is 11.0. The summed E-state index contributed by atoms with van der Waals surface area (Å²) < 4.78 is 5.13. The second kappa shape index (κ2) is 5.71. The van der Waals surface area contributed by atoms with Gasteiger partial charge in [-0.3, -0.25) is 9.88 Å². The van der Waals surface area contributed by atoms with Crippen LogP contribution in [0.1, 0.15) is 11.7 Å². The van der Waals surface area contributed by atoms with Crippen molar-refractivity contribution < 1.29 is 9.84 Å². The number of hydrogen-bond donors (Lipinski definition) is 1. The molecular weight excluding hydrogens is 236 g/mol. The third kappa shape index (κ3) is 2.91. The highest BCUT2D eigenvalue weighted by molar-refractivity contribution is 7.99. The van der Waals surface area contributed by atoms with Gasteiger partial charge in [-0.15, -0.1) is 0 Å². The van der Waals surface area contributed by atoms with Gasteiger partial charge in [0.25, 0.3) is 0 Å². The highest BCUT2D eigenvalue weighted by atomic mass is 32.2. The third-order valence-electron chi connectivity index (χ3n) is 3.12. The molecule has 0 amide bonds. The molecule has 5 heteroatoms. The van der Waals surface area contributed by atoms with E-state index in [1.807, 2.05) is 17.8 Å². The van der Waals surface area contributed by atoms with Crippen LogP contribution in [0.4, 0.5) is 0 Å². The fourth-order valence-electron chi connectivity index (χ4n) is 1.97. The molecule has 4 nitrogen and oxygen atoms in total. The molecule has 2 heterocycles. The molecule has 1 fully saturated rings. The van der Waals surface area contributed by atoms with E-state index in [-0.39, 0.29) is 6.04 Å². The van der Waals surface area contributed by atoms with Gasteiger partial charge in [0.2, 0.25) is 0 Å². The molecule has 2 atom stereocenters. The van der Waals surface area contributed by atoms with E-state index < -0.39 is 6.10 Å². The van der Waals surface area contributed by atoms with E-state index in [4.69, 9.17) is 4.74 Å². The minimum absolute atomic E-state index is 0.155. The lowest BCUT2D eigenvalue weighted by Crippen LogP contribution is -2.43. The summed E-state index contributed by atoms with van der Waals surface area (Å²) in [5, 5.41) is 10.4. The van der Waals surface area contributed by atoms with Gasteiger partial charge < -0.3 is 9.84 Å². The number of aliphatic hydroxyl groups is 1. The van der Waals surface area contributed by atoms with Crippen LogP contribution in [0.15, 0.2) is 18.5 Å². The Morgan fingerprint density at radius 3 is 3.12 bits per heavy atom. The average molecular weight is 254 g/mol. The van der Waals surface area contributed by atoms with Gasteiger partial charge in [0, 0.05) is 35.9 Å². The minimum atomic E-state index is -0.504. The summed E-state index contributed by atoms with van der Waals surface area (Å²) in [6, 6.07) is 2.01. The fraction of sp³-hybridized carbons (Fsp3) is 0.583. The molecule has 1 saturated heterocycles. The Balaban J connectivity index is 2.14. The summed E-state index contributed by atoms with van der Waals surface area (Å²) >= 11 is 1.89. The molecule has 0 saturated carbocycles. The van der Waals surface area contributed by atoms with E-state index in [1.165, 1.54) is 0 Å². The number of methoxy groups -OCH3 is 1. The van der Waals surface area contributed by atoms with E-state index in [0.717, 1.165) is 23.6 Å². The molecule has 1 aliphatic rings. The summed E-state index contributed by atoms with van der Waals surface area (Å²) in [4.78, 5) is 6.30. The Morgan fingerprint density at radius 1 is 1.59 bits per heavy atom. The Kier molecular flexibility index (Phi) is 4.25. The van der Waals surface area contributed by atoms with Crippen LogP contribution < -0.4 is 4.74 Å². The standard InChI is InChI=1S/C12H18N2O2S/c1-14-3-4-17-8-11(14)12(15)9-5-10(16-2)7-13-6-9/h5-7,11-12,15H,3-4,8H2,1-2H3. The molecule has 2 unspecified atom stereocenters. The summed E-state index contributed by atoms with van der Waals surface area (Å²) in [5.74, 6) is 2.78. The van der Waals surface area contributed by atoms with Crippen molar-refractivity contribution in [2.45, 2.75) is 12.1 Å². The minimum Gasteiger partial charge on any atom is -0.495 e.